The van der Waals surface area contributed by atoms with Crippen LogP contribution >= 0.6 is 11.6 Å². The van der Waals surface area contributed by atoms with Crippen LogP contribution in [0.1, 0.15) is 30.9 Å². The lowest BCUT2D eigenvalue weighted by atomic mass is 10.0. The van der Waals surface area contributed by atoms with Crippen LogP contribution in [0.5, 0.6) is 0 Å². The third-order valence-corrected chi connectivity index (χ3v) is 4.55. The molecular weight excluding hydrogens is 320 g/mol. The van der Waals surface area contributed by atoms with Gasteiger partial charge in [0.1, 0.15) is 0 Å². The molecule has 24 heavy (non-hydrogen) atoms. The van der Waals surface area contributed by atoms with Crippen LogP contribution in [-0.4, -0.2) is 30.4 Å². The minimum Gasteiger partial charge on any atom is -0.354 e. The summed E-state index contributed by atoms with van der Waals surface area (Å²) in [5, 5.41) is 3.77. The van der Waals surface area contributed by atoms with Crippen LogP contribution in [0.2, 0.25) is 5.02 Å². The van der Waals surface area contributed by atoms with Crippen LogP contribution in [-0.2, 0) is 11.3 Å². The van der Waals surface area contributed by atoms with Crippen LogP contribution in [0.15, 0.2) is 54.6 Å². The van der Waals surface area contributed by atoms with Crippen molar-refractivity contribution < 1.29 is 4.79 Å². The minimum absolute atomic E-state index is 0.0438. The van der Waals surface area contributed by atoms with Crippen LogP contribution in [0.3, 0.4) is 0 Å². The lowest BCUT2D eigenvalue weighted by Crippen LogP contribution is -2.43. The first-order valence-electron chi connectivity index (χ1n) is 8.24. The normalized spacial score (nSPS) is 13.5. The van der Waals surface area contributed by atoms with Crippen LogP contribution in [0.4, 0.5) is 0 Å². The van der Waals surface area contributed by atoms with E-state index in [-0.39, 0.29) is 11.9 Å². The summed E-state index contributed by atoms with van der Waals surface area (Å²) in [5.41, 5.74) is 2.33. The largest absolute Gasteiger partial charge is 0.354 e. The first kappa shape index (κ1) is 18.5. The number of halogens is 1. The summed E-state index contributed by atoms with van der Waals surface area (Å²) >= 11 is 6.02. The Morgan fingerprint density at radius 2 is 1.83 bits per heavy atom. The summed E-state index contributed by atoms with van der Waals surface area (Å²) in [6.07, 6.45) is 0. The molecule has 2 aromatic rings. The van der Waals surface area contributed by atoms with Gasteiger partial charge in [0.15, 0.2) is 0 Å². The number of nitrogens with one attached hydrogen (secondary N) is 1. The molecule has 0 aromatic heterocycles. The highest BCUT2D eigenvalue weighted by atomic mass is 35.5. The van der Waals surface area contributed by atoms with Crippen molar-refractivity contribution in [3.63, 3.8) is 0 Å². The van der Waals surface area contributed by atoms with Crippen molar-refractivity contribution in [2.45, 2.75) is 32.4 Å². The summed E-state index contributed by atoms with van der Waals surface area (Å²) < 4.78 is 0. The predicted molar refractivity (Wildman–Crippen MR) is 100 cm³/mol. The number of hydrogen-bond acceptors (Lipinski definition) is 2. The molecule has 0 bridgehead atoms. The lowest BCUT2D eigenvalue weighted by Gasteiger charge is -2.25. The molecule has 1 N–H and O–H groups in total. The molecule has 2 aromatic carbocycles. The lowest BCUT2D eigenvalue weighted by molar-refractivity contribution is -0.125. The summed E-state index contributed by atoms with van der Waals surface area (Å²) in [6, 6.07) is 17.8. The molecule has 0 heterocycles. The Morgan fingerprint density at radius 1 is 1.12 bits per heavy atom. The molecule has 4 heteroatoms. The van der Waals surface area contributed by atoms with Gasteiger partial charge in [-0.2, -0.15) is 0 Å². The van der Waals surface area contributed by atoms with Gasteiger partial charge in [0.25, 0.3) is 0 Å². The van der Waals surface area contributed by atoms with E-state index in [0.717, 1.165) is 10.6 Å². The highest BCUT2D eigenvalue weighted by Gasteiger charge is 2.18. The Bertz CT molecular complexity index is 660. The number of carbonyl (C=O) groups excluding carboxylic acids is 1. The maximum Gasteiger partial charge on any atom is 0.237 e. The van der Waals surface area contributed by atoms with Crippen molar-refractivity contribution in [3.05, 3.63) is 70.7 Å². The molecule has 2 rings (SSSR count). The number of carbonyl (C=O) groups is 1. The maximum atomic E-state index is 12.4. The minimum atomic E-state index is -0.202. The second-order valence-electron chi connectivity index (χ2n) is 6.28. The summed E-state index contributed by atoms with van der Waals surface area (Å²) in [6.45, 7) is 5.37. The van der Waals surface area contributed by atoms with Crippen LogP contribution in [0.25, 0.3) is 0 Å². The van der Waals surface area contributed by atoms with Crippen molar-refractivity contribution in [2.75, 3.05) is 13.6 Å². The Morgan fingerprint density at radius 3 is 2.50 bits per heavy atom. The van der Waals surface area contributed by atoms with Crippen molar-refractivity contribution in [2.24, 2.45) is 0 Å². The molecule has 2 unspecified atom stereocenters. The molecule has 3 nitrogen and oxygen atoms in total. The molecule has 128 valence electrons. The maximum absolute atomic E-state index is 12.4. The van der Waals surface area contributed by atoms with Crippen molar-refractivity contribution in [3.8, 4) is 0 Å². The smallest absolute Gasteiger partial charge is 0.237 e. The zero-order chi connectivity index (χ0) is 17.5. The predicted octanol–water partition coefficient (Wildman–Crippen LogP) is 4.08. The first-order chi connectivity index (χ1) is 11.5. The van der Waals surface area contributed by atoms with Crippen LogP contribution < -0.4 is 5.32 Å². The number of rotatable bonds is 7. The van der Waals surface area contributed by atoms with Gasteiger partial charge in [-0.1, -0.05) is 61.0 Å². The fourth-order valence-corrected chi connectivity index (χ4v) is 2.77. The molecule has 0 fully saturated rings. The monoisotopic (exact) mass is 344 g/mol. The standard InChI is InChI=1S/C20H25ClN2O/c1-15(18-9-5-4-6-10-18)13-22-20(24)16(2)23(3)14-17-8-7-11-19(21)12-17/h4-12,15-16H,13-14H2,1-3H3,(H,22,24). The van der Waals surface area contributed by atoms with Crippen molar-refractivity contribution >= 4 is 17.5 Å². The van der Waals surface area contributed by atoms with Crippen molar-refractivity contribution in [1.29, 1.82) is 0 Å². The van der Waals surface area contributed by atoms with Gasteiger partial charge in [0, 0.05) is 18.1 Å². The van der Waals surface area contributed by atoms with Gasteiger partial charge in [-0.05, 0) is 43.1 Å². The third kappa shape index (κ3) is 5.36. The first-order valence-corrected chi connectivity index (χ1v) is 8.62. The number of nitrogens with zero attached hydrogens (tertiary/aromatic N) is 1. The Balaban J connectivity index is 1.85. The second kappa shape index (κ2) is 8.86. The molecule has 2 atom stereocenters. The van der Waals surface area contributed by atoms with E-state index in [1.165, 1.54) is 5.56 Å². The average molecular weight is 345 g/mol. The van der Waals surface area contributed by atoms with Gasteiger partial charge < -0.3 is 5.32 Å². The molecule has 0 aliphatic carbocycles. The summed E-state index contributed by atoms with van der Waals surface area (Å²) in [5.74, 6) is 0.336. The van der Waals surface area contributed by atoms with E-state index in [1.54, 1.807) is 0 Å². The Kier molecular flexibility index (Phi) is 6.83. The molecule has 0 aliphatic rings. The molecule has 1 amide bonds. The number of hydrogen-bond donors (Lipinski definition) is 1. The van der Waals surface area contributed by atoms with Gasteiger partial charge in [-0.3, -0.25) is 9.69 Å². The van der Waals surface area contributed by atoms with Gasteiger partial charge in [-0.15, -0.1) is 0 Å². The topological polar surface area (TPSA) is 32.3 Å². The fraction of sp³-hybridized carbons (Fsp3) is 0.350. The van der Waals surface area contributed by atoms with E-state index >= 15 is 0 Å². The SMILES string of the molecule is CC(CNC(=O)C(C)N(C)Cc1cccc(Cl)c1)c1ccccc1. The van der Waals surface area contributed by atoms with Gasteiger partial charge in [-0.25, -0.2) is 0 Å². The molecule has 0 aliphatic heterocycles. The number of amides is 1. The molecule has 0 saturated heterocycles. The molecular formula is C20H25ClN2O. The highest BCUT2D eigenvalue weighted by Crippen LogP contribution is 2.15. The highest BCUT2D eigenvalue weighted by molar-refractivity contribution is 6.30. The van der Waals surface area contributed by atoms with E-state index in [1.807, 2.05) is 61.3 Å². The molecule has 0 saturated carbocycles. The third-order valence-electron chi connectivity index (χ3n) is 4.31. The zero-order valence-electron chi connectivity index (χ0n) is 14.5. The van der Waals surface area contributed by atoms with Gasteiger partial charge >= 0.3 is 0 Å². The van der Waals surface area contributed by atoms with E-state index in [2.05, 4.69) is 24.4 Å². The Labute approximate surface area is 149 Å². The van der Waals surface area contributed by atoms with Gasteiger partial charge in [0.05, 0.1) is 6.04 Å². The second-order valence-corrected chi connectivity index (χ2v) is 6.71. The molecule has 0 spiro atoms. The average Bonchev–Trinajstić information content (AvgIpc) is 2.59. The Hall–Kier alpha value is -1.84. The number of benzene rings is 2. The zero-order valence-corrected chi connectivity index (χ0v) is 15.3. The summed E-state index contributed by atoms with van der Waals surface area (Å²) in [7, 11) is 1.95. The van der Waals surface area contributed by atoms with E-state index in [4.69, 9.17) is 11.6 Å². The van der Waals surface area contributed by atoms with E-state index in [9.17, 15) is 4.79 Å². The van der Waals surface area contributed by atoms with Crippen molar-refractivity contribution in [1.82, 2.24) is 10.2 Å². The van der Waals surface area contributed by atoms with Gasteiger partial charge in [0.2, 0.25) is 5.91 Å². The molecule has 0 radical (unpaired) electrons. The fourth-order valence-electron chi connectivity index (χ4n) is 2.56. The van der Waals surface area contributed by atoms with E-state index < -0.39 is 0 Å². The quantitative estimate of drug-likeness (QED) is 0.820. The van der Waals surface area contributed by atoms with Crippen LogP contribution in [0, 0.1) is 0 Å². The summed E-state index contributed by atoms with van der Waals surface area (Å²) in [4.78, 5) is 14.4. The van der Waals surface area contributed by atoms with E-state index in [0.29, 0.717) is 19.0 Å². The number of likely N-dealkylation sites (N-methyl/N-ethyl adjacent to an activating group) is 1.